The topological polar surface area (TPSA) is 115 Å². The molecule has 0 fully saturated rings. The zero-order chi connectivity index (χ0) is 41.6. The van der Waals surface area contributed by atoms with Crippen molar-refractivity contribution in [1.82, 2.24) is 19.1 Å². The minimum absolute atomic E-state index is 0.113. The quantitative estimate of drug-likeness (QED) is 0.0342. The van der Waals surface area contributed by atoms with E-state index < -0.39 is 17.6 Å². The molecule has 10 heteroatoms. The monoisotopic (exact) mass is 789 g/mol. The Morgan fingerprint density at radius 1 is 0.877 bits per heavy atom. The van der Waals surface area contributed by atoms with E-state index in [0.717, 1.165) is 53.8 Å². The fraction of sp³-hybridized carbons (Fsp3) is 0.638. The van der Waals surface area contributed by atoms with Gasteiger partial charge >= 0.3 is 18.0 Å². The molecule has 2 heterocycles. The second-order valence-electron chi connectivity index (χ2n) is 16.6. The first-order chi connectivity index (χ1) is 27.3. The van der Waals surface area contributed by atoms with Gasteiger partial charge in [-0.05, 0) is 89.3 Å². The van der Waals surface area contributed by atoms with Crippen molar-refractivity contribution in [2.45, 2.75) is 169 Å². The van der Waals surface area contributed by atoms with Crippen LogP contribution in [0.5, 0.6) is 0 Å². The van der Waals surface area contributed by atoms with Crippen LogP contribution in [0, 0.1) is 18.8 Å². The van der Waals surface area contributed by atoms with Gasteiger partial charge in [-0.25, -0.2) is 19.3 Å². The van der Waals surface area contributed by atoms with Gasteiger partial charge in [0.05, 0.1) is 24.5 Å². The second-order valence-corrected chi connectivity index (χ2v) is 16.6. The number of allylic oxidation sites excluding steroid dienone is 2. The van der Waals surface area contributed by atoms with Crippen molar-refractivity contribution < 1.29 is 28.6 Å². The van der Waals surface area contributed by atoms with Crippen LogP contribution in [0.2, 0.25) is 0 Å². The van der Waals surface area contributed by atoms with Crippen molar-refractivity contribution in [1.29, 1.82) is 0 Å². The van der Waals surface area contributed by atoms with E-state index in [1.54, 1.807) is 18.7 Å². The van der Waals surface area contributed by atoms with Crippen LogP contribution in [0.3, 0.4) is 0 Å². The summed E-state index contributed by atoms with van der Waals surface area (Å²) in [7, 11) is 1.93. The lowest BCUT2D eigenvalue weighted by Crippen LogP contribution is -2.31. The number of benzene rings is 1. The summed E-state index contributed by atoms with van der Waals surface area (Å²) in [5.41, 5.74) is 3.99. The smallest absolute Gasteiger partial charge is 0.419 e. The number of nitrogens with zero attached hydrogens (tertiary/aromatic N) is 4. The number of aromatic nitrogens is 4. The fourth-order valence-electron chi connectivity index (χ4n) is 7.19. The standard InChI is InChI=1S/C47H72N4O6/c1-9-11-12-13-14-15-16-17-18-19-20-21-22-23-24-28-44(52)55-33-39(29-40-30-48-34-50(40)8)41(10-2)45(53)56-32-38-26-25-27-42(36(38)3)37(4)43-31-51(35-49-43)46(54)57-47(5,6)7/h17-18,25-27,30-31,34-35,37,39,41H,9-16,19-24,28-29,32-33H2,1-8H3/b18-17-/t37-,39-,41-/m0/s1. The maximum atomic E-state index is 13.7. The molecular formula is C47H72N4O6. The molecule has 10 nitrogen and oxygen atoms in total. The number of hydrogen-bond donors (Lipinski definition) is 0. The molecule has 1 aromatic carbocycles. The number of rotatable bonds is 26. The SMILES string of the molecule is CCCCCCCC/C=C\CCCCCCCC(=O)OC[C@H](Cc1cncn1C)[C@H](CC)C(=O)OCc1cccc([C@H](C)c2cn(C(=O)OC(C)(C)C)cn2)c1C. The molecule has 0 unspecified atom stereocenters. The molecule has 3 atom stereocenters. The molecule has 0 saturated carbocycles. The summed E-state index contributed by atoms with van der Waals surface area (Å²) in [4.78, 5) is 47.9. The van der Waals surface area contributed by atoms with E-state index in [0.29, 0.717) is 19.3 Å². The van der Waals surface area contributed by atoms with E-state index in [9.17, 15) is 14.4 Å². The molecule has 0 N–H and O–H groups in total. The van der Waals surface area contributed by atoms with Crippen molar-refractivity contribution in [3.8, 4) is 0 Å². The number of esters is 2. The lowest BCUT2D eigenvalue weighted by Gasteiger charge is -2.25. The Morgan fingerprint density at radius 3 is 2.18 bits per heavy atom. The maximum Gasteiger partial charge on any atom is 0.419 e. The predicted molar refractivity (Wildman–Crippen MR) is 227 cm³/mol. The minimum Gasteiger partial charge on any atom is -0.465 e. The van der Waals surface area contributed by atoms with E-state index in [1.165, 1.54) is 68.7 Å². The molecule has 0 spiro atoms. The molecule has 0 aliphatic carbocycles. The highest BCUT2D eigenvalue weighted by molar-refractivity contribution is 5.73. The first-order valence-corrected chi connectivity index (χ1v) is 21.6. The van der Waals surface area contributed by atoms with Crippen LogP contribution in [0.15, 0.2) is 55.4 Å². The molecule has 0 aliphatic heterocycles. The highest BCUT2D eigenvalue weighted by atomic mass is 16.6. The van der Waals surface area contributed by atoms with Crippen LogP contribution >= 0.6 is 0 Å². The highest BCUT2D eigenvalue weighted by Gasteiger charge is 2.31. The number of carbonyl (C=O) groups is 3. The van der Waals surface area contributed by atoms with Gasteiger partial charge in [-0.1, -0.05) is 102 Å². The summed E-state index contributed by atoms with van der Waals surface area (Å²) in [5.74, 6) is -1.37. The summed E-state index contributed by atoms with van der Waals surface area (Å²) in [6.07, 6.45) is 28.0. The van der Waals surface area contributed by atoms with Gasteiger partial charge in [-0.2, -0.15) is 0 Å². The third-order valence-electron chi connectivity index (χ3n) is 10.8. The highest BCUT2D eigenvalue weighted by Crippen LogP contribution is 2.29. The van der Waals surface area contributed by atoms with Crippen LogP contribution in [0.4, 0.5) is 4.79 Å². The van der Waals surface area contributed by atoms with Crippen molar-refractivity contribution in [3.63, 3.8) is 0 Å². The summed E-state index contributed by atoms with van der Waals surface area (Å²) in [6, 6.07) is 5.94. The Balaban J connectivity index is 1.49. The lowest BCUT2D eigenvalue weighted by molar-refractivity contribution is -0.156. The molecule has 0 amide bonds. The first-order valence-electron chi connectivity index (χ1n) is 21.6. The van der Waals surface area contributed by atoms with Gasteiger partial charge < -0.3 is 18.8 Å². The Hall–Kier alpha value is -4.21. The number of carbonyl (C=O) groups excluding carboxylic acids is 3. The zero-order valence-electron chi connectivity index (χ0n) is 36.4. The number of unbranched alkanes of at least 4 members (excludes halogenated alkanes) is 11. The number of imidazole rings is 2. The van der Waals surface area contributed by atoms with Gasteiger partial charge in [0.2, 0.25) is 0 Å². The first kappa shape index (κ1) is 47.2. The van der Waals surface area contributed by atoms with E-state index >= 15 is 0 Å². The summed E-state index contributed by atoms with van der Waals surface area (Å²) < 4.78 is 20.6. The molecule has 0 bridgehead atoms. The molecule has 3 rings (SSSR count). The van der Waals surface area contributed by atoms with E-state index in [1.807, 2.05) is 71.4 Å². The molecular weight excluding hydrogens is 717 g/mol. The Labute approximate surface area is 343 Å². The summed E-state index contributed by atoms with van der Waals surface area (Å²) in [5, 5.41) is 0. The number of aryl methyl sites for hydroxylation is 1. The maximum absolute atomic E-state index is 13.7. The van der Waals surface area contributed by atoms with E-state index in [4.69, 9.17) is 14.2 Å². The van der Waals surface area contributed by atoms with Crippen molar-refractivity contribution in [3.05, 3.63) is 83.5 Å². The van der Waals surface area contributed by atoms with Crippen LogP contribution in [0.1, 0.15) is 172 Å². The molecule has 316 valence electrons. The number of hydrogen-bond acceptors (Lipinski definition) is 8. The zero-order valence-corrected chi connectivity index (χ0v) is 36.4. The summed E-state index contributed by atoms with van der Waals surface area (Å²) >= 11 is 0. The largest absolute Gasteiger partial charge is 0.465 e. The molecule has 3 aromatic rings. The normalized spacial score (nSPS) is 13.4. The summed E-state index contributed by atoms with van der Waals surface area (Å²) in [6.45, 7) is 14.0. The third-order valence-corrected chi connectivity index (χ3v) is 10.8. The van der Waals surface area contributed by atoms with Crippen LogP contribution in [-0.2, 0) is 43.9 Å². The van der Waals surface area contributed by atoms with Gasteiger partial charge in [0.15, 0.2) is 0 Å². The van der Waals surface area contributed by atoms with Gasteiger partial charge in [-0.3, -0.25) is 9.59 Å². The Morgan fingerprint density at radius 2 is 1.54 bits per heavy atom. The van der Waals surface area contributed by atoms with Gasteiger partial charge in [0.25, 0.3) is 0 Å². The lowest BCUT2D eigenvalue weighted by atomic mass is 9.87. The molecule has 57 heavy (non-hydrogen) atoms. The van der Waals surface area contributed by atoms with Crippen molar-refractivity contribution >= 4 is 18.0 Å². The van der Waals surface area contributed by atoms with Gasteiger partial charge in [0, 0.05) is 43.4 Å². The van der Waals surface area contributed by atoms with Gasteiger partial charge in [0.1, 0.15) is 18.5 Å². The average Bonchev–Trinajstić information content (AvgIpc) is 3.83. The molecule has 0 aliphatic rings. The fourth-order valence-corrected chi connectivity index (χ4v) is 7.19. The van der Waals surface area contributed by atoms with Gasteiger partial charge in [-0.15, -0.1) is 0 Å². The average molecular weight is 789 g/mol. The molecule has 0 radical (unpaired) electrons. The second kappa shape index (κ2) is 25.2. The Kier molecular flexibility index (Phi) is 20.9. The van der Waals surface area contributed by atoms with Crippen molar-refractivity contribution in [2.24, 2.45) is 18.9 Å². The Bertz CT molecular complexity index is 1670. The minimum atomic E-state index is -0.612. The van der Waals surface area contributed by atoms with Crippen molar-refractivity contribution in [2.75, 3.05) is 6.61 Å². The van der Waals surface area contributed by atoms with E-state index in [-0.39, 0.29) is 37.0 Å². The molecule has 2 aromatic heterocycles. The van der Waals surface area contributed by atoms with Crippen LogP contribution in [0.25, 0.3) is 0 Å². The third kappa shape index (κ3) is 17.0. The molecule has 0 saturated heterocycles. The van der Waals surface area contributed by atoms with E-state index in [2.05, 4.69) is 29.0 Å². The van der Waals surface area contributed by atoms with Crippen LogP contribution in [-0.4, -0.2) is 49.3 Å². The number of ether oxygens (including phenoxy) is 3. The van der Waals surface area contributed by atoms with Crippen LogP contribution < -0.4 is 0 Å². The predicted octanol–water partition coefficient (Wildman–Crippen LogP) is 11.4.